The fourth-order valence-corrected chi connectivity index (χ4v) is 2.80. The quantitative estimate of drug-likeness (QED) is 0.719. The first-order chi connectivity index (χ1) is 8.93. The van der Waals surface area contributed by atoms with Crippen LogP contribution >= 0.6 is 15.9 Å². The fourth-order valence-electron chi connectivity index (χ4n) is 2.34. The zero-order chi connectivity index (χ0) is 14.2. The maximum atomic E-state index is 12.8. The summed E-state index contributed by atoms with van der Waals surface area (Å²) in [5.41, 5.74) is 6.04. The van der Waals surface area contributed by atoms with E-state index in [-0.39, 0.29) is 5.78 Å². The molecule has 0 spiro atoms. The Bertz CT molecular complexity index is 630. The Labute approximate surface area is 122 Å². The molecule has 2 aromatic carbocycles. The third kappa shape index (κ3) is 2.50. The molecule has 0 aliphatic heterocycles. The van der Waals surface area contributed by atoms with Crippen LogP contribution < -0.4 is 0 Å². The lowest BCUT2D eigenvalue weighted by molar-refractivity contribution is 0.103. The van der Waals surface area contributed by atoms with Gasteiger partial charge in [-0.05, 0) is 62.1 Å². The molecule has 0 atom stereocenters. The number of halogens is 1. The largest absolute Gasteiger partial charge is 0.289 e. The summed E-state index contributed by atoms with van der Waals surface area (Å²) in [5.74, 6) is 0.0919. The van der Waals surface area contributed by atoms with Crippen molar-refractivity contribution in [2.45, 2.75) is 27.7 Å². The van der Waals surface area contributed by atoms with Crippen LogP contribution in [0.5, 0.6) is 0 Å². The molecule has 0 saturated carbocycles. The summed E-state index contributed by atoms with van der Waals surface area (Å²) in [7, 11) is 0. The van der Waals surface area contributed by atoms with Gasteiger partial charge in [-0.1, -0.05) is 34.1 Å². The zero-order valence-corrected chi connectivity index (χ0v) is 13.3. The van der Waals surface area contributed by atoms with Gasteiger partial charge in [-0.3, -0.25) is 4.79 Å². The van der Waals surface area contributed by atoms with Gasteiger partial charge in [-0.25, -0.2) is 0 Å². The molecule has 1 nitrogen and oxygen atoms in total. The third-order valence-corrected chi connectivity index (χ3v) is 4.40. The highest BCUT2D eigenvalue weighted by atomic mass is 79.9. The predicted molar refractivity (Wildman–Crippen MR) is 83.0 cm³/mol. The molecular formula is C17H17BrO. The summed E-state index contributed by atoms with van der Waals surface area (Å²) in [6, 6.07) is 9.72. The van der Waals surface area contributed by atoms with E-state index >= 15 is 0 Å². The normalized spacial score (nSPS) is 10.6. The van der Waals surface area contributed by atoms with Gasteiger partial charge in [0.1, 0.15) is 0 Å². The number of hydrogen-bond acceptors (Lipinski definition) is 1. The van der Waals surface area contributed by atoms with Crippen molar-refractivity contribution in [1.82, 2.24) is 0 Å². The number of rotatable bonds is 2. The molecule has 0 heterocycles. The van der Waals surface area contributed by atoms with Crippen molar-refractivity contribution in [3.05, 3.63) is 68.2 Å². The van der Waals surface area contributed by atoms with Gasteiger partial charge in [0.25, 0.3) is 0 Å². The van der Waals surface area contributed by atoms with Crippen molar-refractivity contribution in [3.8, 4) is 0 Å². The van der Waals surface area contributed by atoms with Gasteiger partial charge < -0.3 is 0 Å². The molecule has 0 bridgehead atoms. The summed E-state index contributed by atoms with van der Waals surface area (Å²) in [5, 5.41) is 0. The molecule has 2 aromatic rings. The molecule has 0 unspecified atom stereocenters. The second-order valence-corrected chi connectivity index (χ2v) is 5.80. The van der Waals surface area contributed by atoms with Gasteiger partial charge in [0.05, 0.1) is 0 Å². The van der Waals surface area contributed by atoms with Crippen molar-refractivity contribution in [2.75, 3.05) is 0 Å². The van der Waals surface area contributed by atoms with Crippen LogP contribution in [-0.2, 0) is 0 Å². The first-order valence-corrected chi connectivity index (χ1v) is 7.09. The lowest BCUT2D eigenvalue weighted by Gasteiger charge is -2.15. The fraction of sp³-hybridized carbons (Fsp3) is 0.235. The van der Waals surface area contributed by atoms with Crippen LogP contribution in [0.25, 0.3) is 0 Å². The minimum absolute atomic E-state index is 0.0919. The minimum atomic E-state index is 0.0919. The van der Waals surface area contributed by atoms with Crippen molar-refractivity contribution < 1.29 is 4.79 Å². The Kier molecular flexibility index (Phi) is 3.91. The van der Waals surface area contributed by atoms with Crippen LogP contribution in [0.15, 0.2) is 34.8 Å². The molecule has 0 aliphatic carbocycles. The van der Waals surface area contributed by atoms with Crippen molar-refractivity contribution in [2.24, 2.45) is 0 Å². The SMILES string of the molecule is Cc1cc(C)c(C)c(C(=O)c2ccccc2Br)c1C. The van der Waals surface area contributed by atoms with Crippen molar-refractivity contribution in [1.29, 1.82) is 0 Å². The summed E-state index contributed by atoms with van der Waals surface area (Å²) in [6.45, 7) is 8.15. The second kappa shape index (κ2) is 5.30. The Balaban J connectivity index is 2.67. The van der Waals surface area contributed by atoms with Crippen LogP contribution in [0.1, 0.15) is 38.2 Å². The highest BCUT2D eigenvalue weighted by molar-refractivity contribution is 9.10. The van der Waals surface area contributed by atoms with E-state index in [1.165, 1.54) is 11.1 Å². The molecule has 2 heteroatoms. The molecule has 0 fully saturated rings. The van der Waals surface area contributed by atoms with E-state index in [1.54, 1.807) is 0 Å². The van der Waals surface area contributed by atoms with Gasteiger partial charge in [0, 0.05) is 15.6 Å². The molecule has 2 rings (SSSR count). The van der Waals surface area contributed by atoms with Crippen LogP contribution in [0.4, 0.5) is 0 Å². The van der Waals surface area contributed by atoms with Crippen LogP contribution in [0, 0.1) is 27.7 Å². The number of carbonyl (C=O) groups excluding carboxylic acids is 1. The van der Waals surface area contributed by atoms with Crippen molar-refractivity contribution >= 4 is 21.7 Å². The molecule has 0 aromatic heterocycles. The maximum Gasteiger partial charge on any atom is 0.194 e. The van der Waals surface area contributed by atoms with Gasteiger partial charge in [0.15, 0.2) is 5.78 Å². The standard InChI is InChI=1S/C17H17BrO/c1-10-9-11(2)13(4)16(12(10)3)17(19)14-7-5-6-8-15(14)18/h5-9H,1-4H3. The molecule has 0 amide bonds. The minimum Gasteiger partial charge on any atom is -0.289 e. The van der Waals surface area contributed by atoms with Crippen LogP contribution in [0.2, 0.25) is 0 Å². The number of ketones is 1. The molecule has 19 heavy (non-hydrogen) atoms. The molecule has 0 radical (unpaired) electrons. The first-order valence-electron chi connectivity index (χ1n) is 6.30. The number of carbonyl (C=O) groups is 1. The van der Waals surface area contributed by atoms with E-state index in [1.807, 2.05) is 38.1 Å². The van der Waals surface area contributed by atoms with E-state index in [9.17, 15) is 4.79 Å². The van der Waals surface area contributed by atoms with Gasteiger partial charge in [-0.15, -0.1) is 0 Å². The second-order valence-electron chi connectivity index (χ2n) is 4.94. The monoisotopic (exact) mass is 316 g/mol. The third-order valence-electron chi connectivity index (χ3n) is 3.71. The smallest absolute Gasteiger partial charge is 0.194 e. The van der Waals surface area contributed by atoms with E-state index in [0.29, 0.717) is 0 Å². The highest BCUT2D eigenvalue weighted by Gasteiger charge is 2.18. The summed E-state index contributed by atoms with van der Waals surface area (Å²) >= 11 is 3.46. The van der Waals surface area contributed by atoms with E-state index in [2.05, 4.69) is 35.8 Å². The Morgan fingerprint density at radius 3 is 2.00 bits per heavy atom. The molecular weight excluding hydrogens is 300 g/mol. The lowest BCUT2D eigenvalue weighted by atomic mass is 9.89. The predicted octanol–water partition coefficient (Wildman–Crippen LogP) is 4.91. The average molecular weight is 317 g/mol. The van der Waals surface area contributed by atoms with Crippen LogP contribution in [0.3, 0.4) is 0 Å². The summed E-state index contributed by atoms with van der Waals surface area (Å²) < 4.78 is 0.845. The Morgan fingerprint density at radius 2 is 1.47 bits per heavy atom. The van der Waals surface area contributed by atoms with Gasteiger partial charge >= 0.3 is 0 Å². The molecule has 0 aliphatic rings. The Hall–Kier alpha value is -1.41. The summed E-state index contributed by atoms with van der Waals surface area (Å²) in [4.78, 5) is 12.8. The highest BCUT2D eigenvalue weighted by Crippen LogP contribution is 2.27. The molecule has 98 valence electrons. The number of hydrogen-bond donors (Lipinski definition) is 0. The van der Waals surface area contributed by atoms with Gasteiger partial charge in [-0.2, -0.15) is 0 Å². The van der Waals surface area contributed by atoms with Crippen LogP contribution in [-0.4, -0.2) is 5.78 Å². The van der Waals surface area contributed by atoms with Gasteiger partial charge in [0.2, 0.25) is 0 Å². The zero-order valence-electron chi connectivity index (χ0n) is 11.7. The Morgan fingerprint density at radius 1 is 0.947 bits per heavy atom. The van der Waals surface area contributed by atoms with E-state index in [0.717, 1.165) is 26.7 Å². The number of benzene rings is 2. The molecule has 0 N–H and O–H groups in total. The number of aryl methyl sites for hydroxylation is 2. The first kappa shape index (κ1) is 14.0. The average Bonchev–Trinajstić information content (AvgIpc) is 2.37. The van der Waals surface area contributed by atoms with Crippen molar-refractivity contribution in [3.63, 3.8) is 0 Å². The van der Waals surface area contributed by atoms with E-state index < -0.39 is 0 Å². The van der Waals surface area contributed by atoms with E-state index in [4.69, 9.17) is 0 Å². The lowest BCUT2D eigenvalue weighted by Crippen LogP contribution is -2.09. The summed E-state index contributed by atoms with van der Waals surface area (Å²) in [6.07, 6.45) is 0. The maximum absolute atomic E-state index is 12.8. The molecule has 0 saturated heterocycles. The topological polar surface area (TPSA) is 17.1 Å².